The molecule has 0 bridgehead atoms. The molecule has 6 heteroatoms. The highest BCUT2D eigenvalue weighted by atomic mass is 16.4. The molecule has 0 aliphatic heterocycles. The third-order valence-corrected chi connectivity index (χ3v) is 3.04. The van der Waals surface area contributed by atoms with Crippen molar-refractivity contribution >= 4 is 17.7 Å². The van der Waals surface area contributed by atoms with E-state index in [4.69, 9.17) is 5.11 Å². The number of carbonyl (C=O) groups is 2. The minimum Gasteiger partial charge on any atom is -0.478 e. The topological polar surface area (TPSA) is 90.5 Å². The van der Waals surface area contributed by atoms with Crippen molar-refractivity contribution < 1.29 is 14.7 Å². The predicted octanol–water partition coefficient (Wildman–Crippen LogP) is 1.65. The SMILES string of the molecule is O=C(NCCCNC1CC1)Nc1ccc(C(=O)O)cc1. The summed E-state index contributed by atoms with van der Waals surface area (Å²) in [4.78, 5) is 22.3. The number of anilines is 1. The Balaban J connectivity index is 1.63. The van der Waals surface area contributed by atoms with Gasteiger partial charge in [0.2, 0.25) is 0 Å². The van der Waals surface area contributed by atoms with Gasteiger partial charge in [0.05, 0.1) is 5.56 Å². The van der Waals surface area contributed by atoms with E-state index < -0.39 is 5.97 Å². The molecule has 20 heavy (non-hydrogen) atoms. The molecule has 1 saturated carbocycles. The number of benzene rings is 1. The van der Waals surface area contributed by atoms with Crippen LogP contribution >= 0.6 is 0 Å². The quantitative estimate of drug-likeness (QED) is 0.570. The summed E-state index contributed by atoms with van der Waals surface area (Å²) < 4.78 is 0. The van der Waals surface area contributed by atoms with Crippen LogP contribution in [0, 0.1) is 0 Å². The first kappa shape index (κ1) is 14.3. The third-order valence-electron chi connectivity index (χ3n) is 3.04. The summed E-state index contributed by atoms with van der Waals surface area (Å²) in [6.45, 7) is 1.52. The fraction of sp³-hybridized carbons (Fsp3) is 0.429. The van der Waals surface area contributed by atoms with E-state index in [2.05, 4.69) is 16.0 Å². The molecular weight excluding hydrogens is 258 g/mol. The maximum absolute atomic E-state index is 11.6. The van der Waals surface area contributed by atoms with Gasteiger partial charge in [0.1, 0.15) is 0 Å². The molecule has 1 aromatic rings. The van der Waals surface area contributed by atoms with Crippen molar-refractivity contribution in [3.05, 3.63) is 29.8 Å². The Kier molecular flexibility index (Phi) is 4.95. The van der Waals surface area contributed by atoms with Gasteiger partial charge in [-0.3, -0.25) is 0 Å². The van der Waals surface area contributed by atoms with Crippen molar-refractivity contribution in [1.29, 1.82) is 0 Å². The Morgan fingerprint density at radius 2 is 1.85 bits per heavy atom. The maximum atomic E-state index is 11.6. The van der Waals surface area contributed by atoms with Gasteiger partial charge in [-0.15, -0.1) is 0 Å². The number of carboxylic acid groups (broad SMARTS) is 1. The number of nitrogens with one attached hydrogen (secondary N) is 3. The van der Waals surface area contributed by atoms with E-state index in [9.17, 15) is 9.59 Å². The Hall–Kier alpha value is -2.08. The lowest BCUT2D eigenvalue weighted by Gasteiger charge is -2.08. The van der Waals surface area contributed by atoms with E-state index in [1.54, 1.807) is 12.1 Å². The van der Waals surface area contributed by atoms with Crippen molar-refractivity contribution in [3.63, 3.8) is 0 Å². The number of carboxylic acids is 1. The zero-order valence-electron chi connectivity index (χ0n) is 11.2. The van der Waals surface area contributed by atoms with E-state index >= 15 is 0 Å². The van der Waals surface area contributed by atoms with Crippen molar-refractivity contribution in [2.24, 2.45) is 0 Å². The molecular formula is C14H19N3O3. The average Bonchev–Trinajstić information content (AvgIpc) is 3.23. The molecule has 0 heterocycles. The van der Waals surface area contributed by atoms with Crippen LogP contribution in [0.2, 0.25) is 0 Å². The highest BCUT2D eigenvalue weighted by molar-refractivity contribution is 5.91. The molecule has 1 aromatic carbocycles. The lowest BCUT2D eigenvalue weighted by molar-refractivity contribution is 0.0697. The molecule has 2 rings (SSSR count). The minimum atomic E-state index is -0.982. The Labute approximate surface area is 117 Å². The van der Waals surface area contributed by atoms with Crippen LogP contribution < -0.4 is 16.0 Å². The van der Waals surface area contributed by atoms with Crippen molar-refractivity contribution in [1.82, 2.24) is 10.6 Å². The number of hydrogen-bond donors (Lipinski definition) is 4. The van der Waals surface area contributed by atoms with E-state index in [1.807, 2.05) is 0 Å². The molecule has 4 N–H and O–H groups in total. The van der Waals surface area contributed by atoms with Crippen LogP contribution in [0.25, 0.3) is 0 Å². The van der Waals surface area contributed by atoms with Gasteiger partial charge in [-0.2, -0.15) is 0 Å². The number of urea groups is 1. The van der Waals surface area contributed by atoms with E-state index in [1.165, 1.54) is 25.0 Å². The van der Waals surface area contributed by atoms with Gasteiger partial charge in [0, 0.05) is 18.3 Å². The fourth-order valence-electron chi connectivity index (χ4n) is 1.76. The largest absolute Gasteiger partial charge is 0.478 e. The van der Waals surface area contributed by atoms with E-state index in [0.29, 0.717) is 18.3 Å². The van der Waals surface area contributed by atoms with Crippen molar-refractivity contribution in [3.8, 4) is 0 Å². The van der Waals surface area contributed by atoms with Crippen LogP contribution in [0.3, 0.4) is 0 Å². The van der Waals surface area contributed by atoms with E-state index in [-0.39, 0.29) is 11.6 Å². The molecule has 0 unspecified atom stereocenters. The standard InChI is InChI=1S/C14H19N3O3/c18-13(19)10-2-4-12(5-3-10)17-14(20)16-9-1-8-15-11-6-7-11/h2-5,11,15H,1,6-9H2,(H,18,19)(H2,16,17,20). The van der Waals surface area contributed by atoms with Gasteiger partial charge in [0.15, 0.2) is 0 Å². The smallest absolute Gasteiger partial charge is 0.335 e. The number of rotatable bonds is 7. The highest BCUT2D eigenvalue weighted by Crippen LogP contribution is 2.18. The highest BCUT2D eigenvalue weighted by Gasteiger charge is 2.19. The summed E-state index contributed by atoms with van der Waals surface area (Å²) in [5.74, 6) is -0.982. The molecule has 1 aliphatic rings. The lowest BCUT2D eigenvalue weighted by atomic mass is 10.2. The van der Waals surface area contributed by atoms with Crippen molar-refractivity contribution in [2.45, 2.75) is 25.3 Å². The molecule has 108 valence electrons. The van der Waals surface area contributed by atoms with E-state index in [0.717, 1.165) is 13.0 Å². The van der Waals surface area contributed by atoms with Gasteiger partial charge in [-0.1, -0.05) is 0 Å². The van der Waals surface area contributed by atoms with Gasteiger partial charge < -0.3 is 21.1 Å². The Morgan fingerprint density at radius 3 is 2.45 bits per heavy atom. The first-order valence-corrected chi connectivity index (χ1v) is 6.77. The summed E-state index contributed by atoms with van der Waals surface area (Å²) >= 11 is 0. The van der Waals surface area contributed by atoms with Gasteiger partial charge in [-0.05, 0) is 50.1 Å². The van der Waals surface area contributed by atoms with Crippen LogP contribution in [0.1, 0.15) is 29.6 Å². The Bertz CT molecular complexity index is 469. The molecule has 0 atom stereocenters. The lowest BCUT2D eigenvalue weighted by Crippen LogP contribution is -2.31. The van der Waals surface area contributed by atoms with Gasteiger partial charge in [0.25, 0.3) is 0 Å². The van der Waals surface area contributed by atoms with Crippen molar-refractivity contribution in [2.75, 3.05) is 18.4 Å². The minimum absolute atomic E-state index is 0.196. The van der Waals surface area contributed by atoms with Gasteiger partial charge in [-0.25, -0.2) is 9.59 Å². The second-order valence-electron chi connectivity index (χ2n) is 4.85. The first-order valence-electron chi connectivity index (χ1n) is 6.77. The number of hydrogen-bond acceptors (Lipinski definition) is 3. The fourth-order valence-corrected chi connectivity index (χ4v) is 1.76. The predicted molar refractivity (Wildman–Crippen MR) is 76.1 cm³/mol. The summed E-state index contributed by atoms with van der Waals surface area (Å²) in [6, 6.07) is 6.46. The number of carbonyl (C=O) groups excluding carboxylic acids is 1. The molecule has 0 aromatic heterocycles. The summed E-state index contributed by atoms with van der Waals surface area (Å²) in [5, 5.41) is 17.5. The molecule has 1 aliphatic carbocycles. The zero-order chi connectivity index (χ0) is 14.4. The molecule has 0 spiro atoms. The number of aromatic carboxylic acids is 1. The monoisotopic (exact) mass is 277 g/mol. The average molecular weight is 277 g/mol. The van der Waals surface area contributed by atoms with Crippen LogP contribution in [-0.4, -0.2) is 36.2 Å². The Morgan fingerprint density at radius 1 is 1.15 bits per heavy atom. The summed E-state index contributed by atoms with van der Waals surface area (Å²) in [6.07, 6.45) is 3.42. The molecule has 0 radical (unpaired) electrons. The van der Waals surface area contributed by atoms with Crippen LogP contribution in [0.4, 0.5) is 10.5 Å². The molecule has 2 amide bonds. The summed E-state index contributed by atoms with van der Waals surface area (Å²) in [7, 11) is 0. The van der Waals surface area contributed by atoms with Gasteiger partial charge >= 0.3 is 12.0 Å². The normalized spacial score (nSPS) is 13.8. The third kappa shape index (κ3) is 4.89. The second kappa shape index (κ2) is 6.91. The molecule has 1 fully saturated rings. The van der Waals surface area contributed by atoms with Crippen LogP contribution in [0.15, 0.2) is 24.3 Å². The first-order chi connectivity index (χ1) is 9.65. The number of amides is 2. The summed E-state index contributed by atoms with van der Waals surface area (Å²) in [5.41, 5.74) is 0.769. The van der Waals surface area contributed by atoms with Crippen LogP contribution in [-0.2, 0) is 0 Å². The van der Waals surface area contributed by atoms with Crippen LogP contribution in [0.5, 0.6) is 0 Å². The maximum Gasteiger partial charge on any atom is 0.335 e. The second-order valence-corrected chi connectivity index (χ2v) is 4.85. The zero-order valence-corrected chi connectivity index (χ0v) is 11.2. The molecule has 6 nitrogen and oxygen atoms in total. The molecule has 0 saturated heterocycles.